The minimum Gasteiger partial charge on any atom is -0.308 e. The van der Waals surface area contributed by atoms with Gasteiger partial charge in [0.25, 0.3) is 0 Å². The number of fused-ring (bicyclic) bond motifs is 1. The van der Waals surface area contributed by atoms with Gasteiger partial charge in [-0.25, -0.2) is 20.2 Å². The third-order valence-corrected chi connectivity index (χ3v) is 4.22. The first kappa shape index (κ1) is 13.0. The number of nitrogens with one attached hydrogen (secondary N) is 1. The predicted octanol–water partition coefficient (Wildman–Crippen LogP) is 3.35. The zero-order valence-corrected chi connectivity index (χ0v) is 11.7. The van der Waals surface area contributed by atoms with E-state index in [1.54, 1.807) is 29.5 Å². The molecule has 2 heterocycles. The number of benzene rings is 1. The number of nitrogen functional groups attached to an aromatic ring is 1. The quantitative estimate of drug-likeness (QED) is 0.573. The van der Waals surface area contributed by atoms with Crippen LogP contribution in [0.25, 0.3) is 21.6 Å². The molecule has 0 bridgehead atoms. The second kappa shape index (κ2) is 5.15. The minimum absolute atomic E-state index is 0.341. The van der Waals surface area contributed by atoms with Gasteiger partial charge in [-0.3, -0.25) is 0 Å². The van der Waals surface area contributed by atoms with Crippen LogP contribution < -0.4 is 11.3 Å². The van der Waals surface area contributed by atoms with E-state index in [2.05, 4.69) is 22.3 Å². The molecule has 0 aliphatic rings. The van der Waals surface area contributed by atoms with Gasteiger partial charge in [-0.2, -0.15) is 0 Å². The van der Waals surface area contributed by atoms with Crippen molar-refractivity contribution in [2.24, 2.45) is 5.84 Å². The Morgan fingerprint density at radius 3 is 2.80 bits per heavy atom. The van der Waals surface area contributed by atoms with Crippen molar-refractivity contribution >= 4 is 27.4 Å². The summed E-state index contributed by atoms with van der Waals surface area (Å²) in [5.74, 6) is 6.04. The number of nitrogens with zero attached hydrogens (tertiary/aromatic N) is 2. The first-order chi connectivity index (χ1) is 9.72. The molecule has 0 fully saturated rings. The van der Waals surface area contributed by atoms with Crippen LogP contribution in [0, 0.1) is 5.82 Å². The van der Waals surface area contributed by atoms with Crippen molar-refractivity contribution in [2.75, 3.05) is 5.43 Å². The van der Waals surface area contributed by atoms with E-state index >= 15 is 0 Å². The molecular formula is C14H13FN4S. The summed E-state index contributed by atoms with van der Waals surface area (Å²) < 4.78 is 13.9. The molecule has 0 radical (unpaired) electrons. The molecule has 6 heteroatoms. The number of hydrogen-bond acceptors (Lipinski definition) is 5. The molecule has 102 valence electrons. The molecule has 1 aromatic carbocycles. The summed E-state index contributed by atoms with van der Waals surface area (Å²) in [6.07, 6.45) is 0.917. The second-order valence-corrected chi connectivity index (χ2v) is 5.42. The lowest BCUT2D eigenvalue weighted by Crippen LogP contribution is -2.10. The number of anilines is 1. The van der Waals surface area contributed by atoms with Gasteiger partial charge in [-0.15, -0.1) is 11.3 Å². The van der Waals surface area contributed by atoms with Crippen molar-refractivity contribution in [3.63, 3.8) is 0 Å². The summed E-state index contributed by atoms with van der Waals surface area (Å²) in [5.41, 5.74) is 2.94. The van der Waals surface area contributed by atoms with Gasteiger partial charge in [0.1, 0.15) is 10.6 Å². The number of halogens is 1. The highest BCUT2D eigenvalue weighted by molar-refractivity contribution is 7.18. The molecule has 4 nitrogen and oxygen atoms in total. The van der Waals surface area contributed by atoms with E-state index in [9.17, 15) is 4.39 Å². The van der Waals surface area contributed by atoms with Crippen LogP contribution >= 0.6 is 11.3 Å². The molecule has 3 aromatic rings. The van der Waals surface area contributed by atoms with Gasteiger partial charge in [-0.1, -0.05) is 19.1 Å². The zero-order chi connectivity index (χ0) is 14.1. The Kier molecular flexibility index (Phi) is 3.33. The van der Waals surface area contributed by atoms with Crippen molar-refractivity contribution in [1.82, 2.24) is 9.97 Å². The highest BCUT2D eigenvalue weighted by Gasteiger charge is 2.14. The van der Waals surface area contributed by atoms with E-state index in [0.717, 1.165) is 16.6 Å². The van der Waals surface area contributed by atoms with Crippen LogP contribution in [0.2, 0.25) is 0 Å². The van der Waals surface area contributed by atoms with Crippen LogP contribution in [0.5, 0.6) is 0 Å². The van der Waals surface area contributed by atoms with Gasteiger partial charge >= 0.3 is 0 Å². The fourth-order valence-corrected chi connectivity index (χ4v) is 2.99. The van der Waals surface area contributed by atoms with Gasteiger partial charge in [0.15, 0.2) is 11.6 Å². The molecule has 0 spiro atoms. The Morgan fingerprint density at radius 1 is 1.30 bits per heavy atom. The van der Waals surface area contributed by atoms with E-state index in [4.69, 9.17) is 5.84 Å². The second-order valence-electron chi connectivity index (χ2n) is 4.31. The number of hydrogen-bond donors (Lipinski definition) is 2. The summed E-state index contributed by atoms with van der Waals surface area (Å²) in [6.45, 7) is 2.07. The summed E-state index contributed by atoms with van der Waals surface area (Å²) >= 11 is 1.57. The molecule has 0 unspecified atom stereocenters. The van der Waals surface area contributed by atoms with Crippen LogP contribution in [0.1, 0.15) is 11.8 Å². The Morgan fingerprint density at radius 2 is 2.10 bits per heavy atom. The van der Waals surface area contributed by atoms with Gasteiger partial charge in [-0.05, 0) is 24.6 Å². The summed E-state index contributed by atoms with van der Waals surface area (Å²) in [6, 6.07) is 8.46. The van der Waals surface area contributed by atoms with Crippen LogP contribution in [0.4, 0.5) is 10.2 Å². The van der Waals surface area contributed by atoms with E-state index < -0.39 is 0 Å². The van der Waals surface area contributed by atoms with E-state index in [0.29, 0.717) is 17.2 Å². The molecule has 0 aliphatic carbocycles. The van der Waals surface area contributed by atoms with Crippen LogP contribution in [-0.2, 0) is 6.42 Å². The maximum absolute atomic E-state index is 13.9. The number of nitrogens with two attached hydrogens (primary N) is 1. The monoisotopic (exact) mass is 288 g/mol. The third kappa shape index (κ3) is 2.13. The van der Waals surface area contributed by atoms with Crippen molar-refractivity contribution in [3.8, 4) is 11.4 Å². The first-order valence-electron chi connectivity index (χ1n) is 6.25. The standard InChI is InChI=1S/C14H13FN4S/c1-2-8-7-10-13(19-16)17-12(18-14(10)20-8)9-5-3-4-6-11(9)15/h3-7H,2,16H2,1H3,(H,17,18,19). The number of aryl methyl sites for hydroxylation is 1. The normalized spacial score (nSPS) is 10.9. The van der Waals surface area contributed by atoms with Crippen molar-refractivity contribution in [3.05, 3.63) is 41.0 Å². The van der Waals surface area contributed by atoms with E-state index in [-0.39, 0.29) is 5.82 Å². The van der Waals surface area contributed by atoms with Gasteiger partial charge < -0.3 is 5.43 Å². The third-order valence-electron chi connectivity index (χ3n) is 3.04. The van der Waals surface area contributed by atoms with Gasteiger partial charge in [0, 0.05) is 4.88 Å². The van der Waals surface area contributed by atoms with Crippen molar-refractivity contribution < 1.29 is 4.39 Å². The largest absolute Gasteiger partial charge is 0.308 e. The number of hydrazine groups is 1. The average Bonchev–Trinajstić information content (AvgIpc) is 2.89. The summed E-state index contributed by atoms with van der Waals surface area (Å²) in [4.78, 5) is 10.8. The molecule has 0 saturated heterocycles. The lowest BCUT2D eigenvalue weighted by molar-refractivity contribution is 0.630. The maximum atomic E-state index is 13.9. The van der Waals surface area contributed by atoms with Crippen LogP contribution in [-0.4, -0.2) is 9.97 Å². The Bertz CT molecular complexity index is 769. The van der Waals surface area contributed by atoms with E-state index in [1.165, 1.54) is 10.9 Å². The molecule has 2 aromatic heterocycles. The number of rotatable bonds is 3. The Balaban J connectivity index is 2.25. The maximum Gasteiger partial charge on any atom is 0.166 e. The number of aromatic nitrogens is 2. The average molecular weight is 288 g/mol. The minimum atomic E-state index is -0.345. The molecule has 20 heavy (non-hydrogen) atoms. The zero-order valence-electron chi connectivity index (χ0n) is 10.9. The Hall–Kier alpha value is -2.05. The molecule has 3 rings (SSSR count). The SMILES string of the molecule is CCc1cc2c(NN)nc(-c3ccccc3F)nc2s1. The topological polar surface area (TPSA) is 63.8 Å². The van der Waals surface area contributed by atoms with Crippen LogP contribution in [0.3, 0.4) is 0 Å². The molecular weight excluding hydrogens is 275 g/mol. The smallest absolute Gasteiger partial charge is 0.166 e. The molecule has 0 atom stereocenters. The van der Waals surface area contributed by atoms with E-state index in [1.807, 2.05) is 6.07 Å². The highest BCUT2D eigenvalue weighted by atomic mass is 32.1. The van der Waals surface area contributed by atoms with Gasteiger partial charge in [0.05, 0.1) is 10.9 Å². The van der Waals surface area contributed by atoms with Crippen LogP contribution in [0.15, 0.2) is 30.3 Å². The fraction of sp³-hybridized carbons (Fsp3) is 0.143. The molecule has 0 aliphatic heterocycles. The molecule has 3 N–H and O–H groups in total. The highest BCUT2D eigenvalue weighted by Crippen LogP contribution is 2.31. The summed E-state index contributed by atoms with van der Waals surface area (Å²) in [7, 11) is 0. The molecule has 0 amide bonds. The number of thiophene rings is 1. The lowest BCUT2D eigenvalue weighted by Gasteiger charge is -2.05. The lowest BCUT2D eigenvalue weighted by atomic mass is 10.2. The fourth-order valence-electron chi connectivity index (χ4n) is 2.02. The van der Waals surface area contributed by atoms with Gasteiger partial charge in [0.2, 0.25) is 0 Å². The van der Waals surface area contributed by atoms with Crippen molar-refractivity contribution in [2.45, 2.75) is 13.3 Å². The predicted molar refractivity (Wildman–Crippen MR) is 80.0 cm³/mol. The Labute approximate surface area is 119 Å². The van der Waals surface area contributed by atoms with Crippen molar-refractivity contribution in [1.29, 1.82) is 0 Å². The molecule has 0 saturated carbocycles. The summed E-state index contributed by atoms with van der Waals surface area (Å²) in [5, 5.41) is 0.870. The first-order valence-corrected chi connectivity index (χ1v) is 7.06.